The van der Waals surface area contributed by atoms with Crippen molar-refractivity contribution >= 4 is 18.0 Å². The van der Waals surface area contributed by atoms with Gasteiger partial charge in [-0.25, -0.2) is 9.69 Å². The number of carbonyl (C=O) groups is 3. The summed E-state index contributed by atoms with van der Waals surface area (Å²) in [6, 6.07) is 21.9. The number of benzene rings is 2. The standard InChI is InChI=1S/C33H39NO9/c1-4-26(40-20-24-12-7-5-8-13-24)21-39-19-11-16-27-17-18-29(43-27)30(42-23(2)35)31(38-3)32(36)34-28(22-41-33(34)37)25-14-9-6-10-15-25/h5-10,12-15,17-18,26,28,30-31H,4,11,16,19-22H2,1-3H3/t26-,28-,30-,31+/m1/s1. The first kappa shape index (κ1) is 31.9. The average molecular weight is 594 g/mol. The van der Waals surface area contributed by atoms with Crippen molar-refractivity contribution in [3.05, 3.63) is 95.4 Å². The number of nitrogens with zero attached hydrogens (tertiary/aromatic N) is 1. The van der Waals surface area contributed by atoms with Crippen molar-refractivity contribution in [2.45, 2.75) is 64.1 Å². The molecular weight excluding hydrogens is 554 g/mol. The highest BCUT2D eigenvalue weighted by atomic mass is 16.6. The molecule has 0 saturated carbocycles. The number of methoxy groups -OCH3 is 1. The molecule has 43 heavy (non-hydrogen) atoms. The number of furan rings is 1. The molecule has 1 fully saturated rings. The summed E-state index contributed by atoms with van der Waals surface area (Å²) < 4.78 is 34.0. The molecular formula is C33H39NO9. The van der Waals surface area contributed by atoms with Gasteiger partial charge in [0.25, 0.3) is 5.91 Å². The highest BCUT2D eigenvalue weighted by molar-refractivity contribution is 5.96. The second-order valence-corrected chi connectivity index (χ2v) is 10.2. The van der Waals surface area contributed by atoms with Gasteiger partial charge in [-0.15, -0.1) is 0 Å². The van der Waals surface area contributed by atoms with E-state index in [0.29, 0.717) is 38.4 Å². The number of esters is 1. The summed E-state index contributed by atoms with van der Waals surface area (Å²) in [4.78, 5) is 39.3. The van der Waals surface area contributed by atoms with Crippen molar-refractivity contribution in [1.29, 1.82) is 0 Å². The van der Waals surface area contributed by atoms with Crippen molar-refractivity contribution in [3.63, 3.8) is 0 Å². The van der Waals surface area contributed by atoms with E-state index in [1.807, 2.05) is 48.5 Å². The topological polar surface area (TPSA) is 114 Å². The van der Waals surface area contributed by atoms with E-state index >= 15 is 0 Å². The normalized spacial score (nSPS) is 16.9. The third-order valence-corrected chi connectivity index (χ3v) is 7.12. The van der Waals surface area contributed by atoms with E-state index in [0.717, 1.165) is 22.4 Å². The molecule has 3 aromatic rings. The lowest BCUT2D eigenvalue weighted by atomic mass is 10.0. The van der Waals surface area contributed by atoms with Gasteiger partial charge in [-0.1, -0.05) is 67.6 Å². The molecule has 0 unspecified atom stereocenters. The van der Waals surface area contributed by atoms with Crippen LogP contribution in [0.1, 0.15) is 61.5 Å². The van der Waals surface area contributed by atoms with Crippen LogP contribution in [-0.4, -0.2) is 62.0 Å². The minimum Gasteiger partial charge on any atom is -0.462 e. The second kappa shape index (κ2) is 16.0. The number of cyclic esters (lactones) is 1. The fourth-order valence-electron chi connectivity index (χ4n) is 4.84. The van der Waals surface area contributed by atoms with Crippen LogP contribution in [0.25, 0.3) is 0 Å². The molecule has 1 aromatic heterocycles. The zero-order valence-corrected chi connectivity index (χ0v) is 24.8. The Morgan fingerprint density at radius 3 is 2.42 bits per heavy atom. The van der Waals surface area contributed by atoms with Crippen molar-refractivity contribution in [3.8, 4) is 0 Å². The molecule has 0 aliphatic carbocycles. The van der Waals surface area contributed by atoms with E-state index in [1.165, 1.54) is 14.0 Å². The van der Waals surface area contributed by atoms with Crippen LogP contribution in [0.4, 0.5) is 4.79 Å². The summed E-state index contributed by atoms with van der Waals surface area (Å²) in [7, 11) is 1.31. The van der Waals surface area contributed by atoms with Gasteiger partial charge in [0.15, 0.2) is 12.2 Å². The molecule has 1 aliphatic rings. The number of aryl methyl sites for hydroxylation is 1. The predicted molar refractivity (Wildman–Crippen MR) is 156 cm³/mol. The van der Waals surface area contributed by atoms with Gasteiger partial charge in [0, 0.05) is 27.1 Å². The smallest absolute Gasteiger partial charge is 0.417 e. The Labute approximate surface area is 251 Å². The van der Waals surface area contributed by atoms with Crippen LogP contribution >= 0.6 is 0 Å². The molecule has 4 rings (SSSR count). The van der Waals surface area contributed by atoms with Crippen molar-refractivity contribution in [2.75, 3.05) is 26.9 Å². The summed E-state index contributed by atoms with van der Waals surface area (Å²) in [5.41, 5.74) is 1.85. The number of carbonyl (C=O) groups excluding carboxylic acids is 3. The van der Waals surface area contributed by atoms with Crippen molar-refractivity contribution in [1.82, 2.24) is 4.90 Å². The molecule has 10 heteroatoms. The van der Waals surface area contributed by atoms with Crippen LogP contribution in [0, 0.1) is 0 Å². The molecule has 2 heterocycles. The maximum Gasteiger partial charge on any atom is 0.417 e. The predicted octanol–water partition coefficient (Wildman–Crippen LogP) is 5.56. The van der Waals surface area contributed by atoms with Gasteiger partial charge in [-0.3, -0.25) is 9.59 Å². The second-order valence-electron chi connectivity index (χ2n) is 10.2. The van der Waals surface area contributed by atoms with E-state index in [1.54, 1.807) is 24.3 Å². The lowest BCUT2D eigenvalue weighted by Gasteiger charge is -2.28. The summed E-state index contributed by atoms with van der Waals surface area (Å²) in [6.45, 7) is 4.84. The van der Waals surface area contributed by atoms with E-state index < -0.39 is 36.2 Å². The van der Waals surface area contributed by atoms with Crippen LogP contribution in [0.2, 0.25) is 0 Å². The minimum absolute atomic E-state index is 0.00204. The Kier molecular flexibility index (Phi) is 11.9. The molecule has 0 radical (unpaired) electrons. The van der Waals surface area contributed by atoms with Gasteiger partial charge in [-0.2, -0.15) is 0 Å². The van der Waals surface area contributed by atoms with Gasteiger partial charge < -0.3 is 28.1 Å². The van der Waals surface area contributed by atoms with Gasteiger partial charge in [0.05, 0.1) is 19.3 Å². The molecule has 1 aliphatic heterocycles. The zero-order valence-electron chi connectivity index (χ0n) is 24.8. The van der Waals surface area contributed by atoms with Gasteiger partial charge in [0.2, 0.25) is 0 Å². The first-order chi connectivity index (χ1) is 20.9. The molecule has 1 saturated heterocycles. The van der Waals surface area contributed by atoms with Crippen LogP contribution in [0.3, 0.4) is 0 Å². The molecule has 2 aromatic carbocycles. The number of hydrogen-bond donors (Lipinski definition) is 0. The fourth-order valence-corrected chi connectivity index (χ4v) is 4.84. The maximum absolute atomic E-state index is 13.7. The van der Waals surface area contributed by atoms with Crippen LogP contribution in [0.15, 0.2) is 77.2 Å². The molecule has 0 bridgehead atoms. The molecule has 0 spiro atoms. The lowest BCUT2D eigenvalue weighted by molar-refractivity contribution is -0.164. The summed E-state index contributed by atoms with van der Waals surface area (Å²) >= 11 is 0. The third-order valence-electron chi connectivity index (χ3n) is 7.12. The Morgan fingerprint density at radius 1 is 1.02 bits per heavy atom. The monoisotopic (exact) mass is 593 g/mol. The SMILES string of the molecule is CC[C@H](COCCCc1ccc([C@@H](OC(C)=O)[C@H](OC)C(=O)N2C(=O)OC[C@@H]2c2ccccc2)o1)OCc1ccccc1. The van der Waals surface area contributed by atoms with E-state index in [9.17, 15) is 14.4 Å². The Hall–Kier alpha value is -3.99. The first-order valence-corrected chi connectivity index (χ1v) is 14.5. The van der Waals surface area contributed by atoms with Crippen LogP contribution in [-0.2, 0) is 46.3 Å². The van der Waals surface area contributed by atoms with Crippen molar-refractivity contribution in [2.24, 2.45) is 0 Å². The third kappa shape index (κ3) is 8.76. The molecule has 0 N–H and O–H groups in total. The largest absolute Gasteiger partial charge is 0.462 e. The molecule has 4 atom stereocenters. The highest BCUT2D eigenvalue weighted by Gasteiger charge is 2.46. The van der Waals surface area contributed by atoms with Gasteiger partial charge >= 0.3 is 12.1 Å². The molecule has 230 valence electrons. The number of hydrogen-bond acceptors (Lipinski definition) is 9. The van der Waals surface area contributed by atoms with Crippen LogP contribution < -0.4 is 0 Å². The average Bonchev–Trinajstić information content (AvgIpc) is 3.65. The number of ether oxygens (including phenoxy) is 5. The lowest BCUT2D eigenvalue weighted by Crippen LogP contribution is -2.45. The Morgan fingerprint density at radius 2 is 1.74 bits per heavy atom. The van der Waals surface area contributed by atoms with E-state index in [2.05, 4.69) is 6.92 Å². The molecule has 2 amide bonds. The Bertz CT molecular complexity index is 1310. The minimum atomic E-state index is -1.34. The van der Waals surface area contributed by atoms with Gasteiger partial charge in [0.1, 0.15) is 24.2 Å². The number of imide groups is 1. The van der Waals surface area contributed by atoms with Crippen LogP contribution in [0.5, 0.6) is 0 Å². The van der Waals surface area contributed by atoms with Crippen molar-refractivity contribution < 1.29 is 42.5 Å². The number of amides is 2. The highest BCUT2D eigenvalue weighted by Crippen LogP contribution is 2.33. The fraction of sp³-hybridized carbons (Fsp3) is 0.424. The summed E-state index contributed by atoms with van der Waals surface area (Å²) in [5.74, 6) is -0.463. The Balaban J connectivity index is 1.34. The summed E-state index contributed by atoms with van der Waals surface area (Å²) in [6.07, 6.45) is -1.26. The van der Waals surface area contributed by atoms with E-state index in [4.69, 9.17) is 28.1 Å². The quantitative estimate of drug-likeness (QED) is 0.155. The molecule has 10 nitrogen and oxygen atoms in total. The zero-order chi connectivity index (χ0) is 30.6. The van der Waals surface area contributed by atoms with Gasteiger partial charge in [-0.05, 0) is 36.1 Å². The van der Waals surface area contributed by atoms with E-state index in [-0.39, 0.29) is 18.5 Å². The maximum atomic E-state index is 13.7. The first-order valence-electron chi connectivity index (χ1n) is 14.5. The number of rotatable bonds is 16. The summed E-state index contributed by atoms with van der Waals surface area (Å²) in [5, 5.41) is 0.